The van der Waals surface area contributed by atoms with E-state index in [1.54, 1.807) is 18.2 Å². The summed E-state index contributed by atoms with van der Waals surface area (Å²) in [7, 11) is 0. The molecule has 1 aromatic carbocycles. The summed E-state index contributed by atoms with van der Waals surface area (Å²) in [6.07, 6.45) is 10.9. The van der Waals surface area contributed by atoms with E-state index in [4.69, 9.17) is 10.5 Å². The summed E-state index contributed by atoms with van der Waals surface area (Å²) in [5.74, 6) is 0.896. The zero-order valence-corrected chi connectivity index (χ0v) is 14.5. The summed E-state index contributed by atoms with van der Waals surface area (Å²) < 4.78 is 5.23. The number of hydrogen-bond donors (Lipinski definition) is 1. The first-order valence-electron chi connectivity index (χ1n) is 9.13. The quantitative estimate of drug-likeness (QED) is 0.836. The Morgan fingerprint density at radius 2 is 1.84 bits per heavy atom. The van der Waals surface area contributed by atoms with E-state index < -0.39 is 5.91 Å². The molecule has 1 saturated heterocycles. The van der Waals surface area contributed by atoms with Crippen molar-refractivity contribution in [3.8, 4) is 5.75 Å². The highest BCUT2D eigenvalue weighted by Gasteiger charge is 2.34. The van der Waals surface area contributed by atoms with Gasteiger partial charge >= 0.3 is 0 Å². The maximum Gasteiger partial charge on any atom is 0.255 e. The molecule has 2 N–H and O–H groups in total. The minimum atomic E-state index is -0.503. The molecule has 1 aliphatic carbocycles. The SMILES string of the molecule is NC(=O)COc1ccc(/C=C/C(=O)N2CCC[C@@H]3CCCC[C@H]32)cc1. The number of piperidine rings is 1. The number of ether oxygens (including phenoxy) is 1. The van der Waals surface area contributed by atoms with Crippen LogP contribution in [-0.4, -0.2) is 35.9 Å². The molecule has 1 heterocycles. The van der Waals surface area contributed by atoms with E-state index in [9.17, 15) is 9.59 Å². The Bertz CT molecular complexity index is 637. The van der Waals surface area contributed by atoms with Crippen molar-refractivity contribution in [2.45, 2.75) is 44.6 Å². The van der Waals surface area contributed by atoms with E-state index in [0.29, 0.717) is 17.7 Å². The number of nitrogens with zero attached hydrogens (tertiary/aromatic N) is 1. The predicted molar refractivity (Wildman–Crippen MR) is 96.9 cm³/mol. The highest BCUT2D eigenvalue weighted by Crippen LogP contribution is 2.35. The van der Waals surface area contributed by atoms with Crippen LogP contribution in [0.1, 0.15) is 44.1 Å². The molecule has 2 atom stereocenters. The number of amides is 2. The highest BCUT2D eigenvalue weighted by molar-refractivity contribution is 5.92. The van der Waals surface area contributed by atoms with Gasteiger partial charge in [-0.3, -0.25) is 9.59 Å². The number of rotatable bonds is 5. The molecule has 3 rings (SSSR count). The van der Waals surface area contributed by atoms with Gasteiger partial charge in [-0.1, -0.05) is 25.0 Å². The molecule has 0 radical (unpaired) electrons. The van der Waals surface area contributed by atoms with Crippen LogP contribution in [0.5, 0.6) is 5.75 Å². The van der Waals surface area contributed by atoms with Gasteiger partial charge in [0.2, 0.25) is 5.91 Å². The summed E-state index contributed by atoms with van der Waals surface area (Å²) >= 11 is 0. The van der Waals surface area contributed by atoms with E-state index in [1.807, 2.05) is 18.2 Å². The first-order chi connectivity index (χ1) is 12.1. The number of benzene rings is 1. The van der Waals surface area contributed by atoms with Crippen LogP contribution in [0.3, 0.4) is 0 Å². The molecule has 2 amide bonds. The van der Waals surface area contributed by atoms with Crippen LogP contribution in [0, 0.1) is 5.92 Å². The molecule has 25 heavy (non-hydrogen) atoms. The van der Waals surface area contributed by atoms with Gasteiger partial charge in [-0.05, 0) is 55.4 Å². The fraction of sp³-hybridized carbons (Fsp3) is 0.500. The fourth-order valence-corrected chi connectivity index (χ4v) is 3.99. The number of nitrogens with two attached hydrogens (primary N) is 1. The standard InChI is InChI=1S/C20H26N2O3/c21-19(23)14-25-17-10-7-15(8-11-17)9-12-20(24)22-13-3-5-16-4-1-2-6-18(16)22/h7-12,16,18H,1-6,13-14H2,(H2,21,23)/b12-9+/t16-,18+/m0/s1. The second-order valence-corrected chi connectivity index (χ2v) is 6.94. The predicted octanol–water partition coefficient (Wildman–Crippen LogP) is 2.75. The van der Waals surface area contributed by atoms with Crippen LogP contribution < -0.4 is 10.5 Å². The van der Waals surface area contributed by atoms with Crippen molar-refractivity contribution in [1.82, 2.24) is 4.90 Å². The topological polar surface area (TPSA) is 72.6 Å². The summed E-state index contributed by atoms with van der Waals surface area (Å²) in [4.78, 5) is 25.4. The van der Waals surface area contributed by atoms with Gasteiger partial charge in [0.1, 0.15) is 5.75 Å². The maximum atomic E-state index is 12.6. The first-order valence-corrected chi connectivity index (χ1v) is 9.13. The molecule has 0 aromatic heterocycles. The van der Waals surface area contributed by atoms with Crippen LogP contribution >= 0.6 is 0 Å². The van der Waals surface area contributed by atoms with E-state index in [0.717, 1.165) is 24.9 Å². The monoisotopic (exact) mass is 342 g/mol. The summed E-state index contributed by atoms with van der Waals surface area (Å²) in [5.41, 5.74) is 5.98. The van der Waals surface area contributed by atoms with Gasteiger partial charge in [0, 0.05) is 18.7 Å². The number of likely N-dealkylation sites (tertiary alicyclic amines) is 1. The number of carbonyl (C=O) groups excluding carboxylic acids is 2. The van der Waals surface area contributed by atoms with E-state index >= 15 is 0 Å². The third-order valence-corrected chi connectivity index (χ3v) is 5.21. The van der Waals surface area contributed by atoms with Gasteiger partial charge in [0.05, 0.1) is 0 Å². The Morgan fingerprint density at radius 1 is 1.12 bits per heavy atom. The summed E-state index contributed by atoms with van der Waals surface area (Å²) in [5, 5.41) is 0. The van der Waals surface area contributed by atoms with Gasteiger partial charge in [-0.2, -0.15) is 0 Å². The minimum absolute atomic E-state index is 0.116. The molecule has 5 heteroatoms. The second kappa shape index (κ2) is 8.19. The van der Waals surface area contributed by atoms with Gasteiger partial charge in [-0.25, -0.2) is 0 Å². The molecule has 1 aliphatic heterocycles. The Kier molecular flexibility index (Phi) is 5.74. The lowest BCUT2D eigenvalue weighted by Crippen LogP contribution is -2.49. The Hall–Kier alpha value is -2.30. The van der Waals surface area contributed by atoms with Crippen LogP contribution in [0.4, 0.5) is 0 Å². The molecular formula is C20H26N2O3. The van der Waals surface area contributed by atoms with E-state index in [-0.39, 0.29) is 12.5 Å². The summed E-state index contributed by atoms with van der Waals surface area (Å²) in [6.45, 7) is 0.745. The molecule has 5 nitrogen and oxygen atoms in total. The lowest BCUT2D eigenvalue weighted by atomic mass is 9.78. The van der Waals surface area contributed by atoms with Gasteiger partial charge < -0.3 is 15.4 Å². The van der Waals surface area contributed by atoms with Crippen molar-refractivity contribution in [2.75, 3.05) is 13.2 Å². The van der Waals surface area contributed by atoms with Crippen LogP contribution in [0.2, 0.25) is 0 Å². The van der Waals surface area contributed by atoms with Crippen molar-refractivity contribution in [3.63, 3.8) is 0 Å². The largest absolute Gasteiger partial charge is 0.484 e. The molecule has 2 aliphatic rings. The number of carbonyl (C=O) groups is 2. The summed E-state index contributed by atoms with van der Waals surface area (Å²) in [6, 6.07) is 7.69. The first kappa shape index (κ1) is 17.5. The molecule has 0 bridgehead atoms. The van der Waals surface area contributed by atoms with Gasteiger partial charge in [-0.15, -0.1) is 0 Å². The second-order valence-electron chi connectivity index (χ2n) is 6.94. The lowest BCUT2D eigenvalue weighted by Gasteiger charge is -2.43. The average Bonchev–Trinajstić information content (AvgIpc) is 2.64. The lowest BCUT2D eigenvalue weighted by molar-refractivity contribution is -0.132. The van der Waals surface area contributed by atoms with Crippen molar-refractivity contribution in [2.24, 2.45) is 11.7 Å². The van der Waals surface area contributed by atoms with Crippen molar-refractivity contribution >= 4 is 17.9 Å². The third kappa shape index (κ3) is 4.62. The van der Waals surface area contributed by atoms with E-state index in [2.05, 4.69) is 4.90 Å². The molecule has 0 unspecified atom stereocenters. The molecule has 134 valence electrons. The molecule has 2 fully saturated rings. The van der Waals surface area contributed by atoms with Gasteiger partial charge in [0.15, 0.2) is 6.61 Å². The van der Waals surface area contributed by atoms with Crippen LogP contribution in [-0.2, 0) is 9.59 Å². The number of primary amides is 1. The third-order valence-electron chi connectivity index (χ3n) is 5.21. The van der Waals surface area contributed by atoms with Crippen LogP contribution in [0.25, 0.3) is 6.08 Å². The molecule has 1 aromatic rings. The van der Waals surface area contributed by atoms with E-state index in [1.165, 1.54) is 25.7 Å². The minimum Gasteiger partial charge on any atom is -0.484 e. The van der Waals surface area contributed by atoms with Crippen molar-refractivity contribution in [3.05, 3.63) is 35.9 Å². The number of hydrogen-bond acceptors (Lipinski definition) is 3. The zero-order chi connectivity index (χ0) is 17.6. The maximum absolute atomic E-state index is 12.6. The van der Waals surface area contributed by atoms with Crippen LogP contribution in [0.15, 0.2) is 30.3 Å². The molecular weight excluding hydrogens is 316 g/mol. The Morgan fingerprint density at radius 3 is 2.60 bits per heavy atom. The average molecular weight is 342 g/mol. The zero-order valence-electron chi connectivity index (χ0n) is 14.5. The number of fused-ring (bicyclic) bond motifs is 1. The fourth-order valence-electron chi connectivity index (χ4n) is 3.99. The highest BCUT2D eigenvalue weighted by atomic mass is 16.5. The van der Waals surface area contributed by atoms with Crippen molar-refractivity contribution in [1.29, 1.82) is 0 Å². The molecule has 0 spiro atoms. The smallest absolute Gasteiger partial charge is 0.255 e. The Balaban J connectivity index is 1.59. The Labute approximate surface area is 148 Å². The van der Waals surface area contributed by atoms with Crippen molar-refractivity contribution < 1.29 is 14.3 Å². The van der Waals surface area contributed by atoms with Gasteiger partial charge in [0.25, 0.3) is 5.91 Å². The normalized spacial score (nSPS) is 23.3. The molecule has 1 saturated carbocycles.